The molecule has 25 heavy (non-hydrogen) atoms. The molecule has 0 spiro atoms. The molecule has 0 radical (unpaired) electrons. The Hall–Kier alpha value is -2.21. The molecular weight excluding hydrogens is 334 g/mol. The zero-order chi connectivity index (χ0) is 17.6. The Labute approximate surface area is 149 Å². The van der Waals surface area contributed by atoms with Crippen molar-refractivity contribution >= 4 is 33.1 Å². The summed E-state index contributed by atoms with van der Waals surface area (Å²) in [5, 5.41) is 3.66. The number of carbonyl (C=O) groups excluding carboxylic acids is 1. The van der Waals surface area contributed by atoms with E-state index < -0.39 is 0 Å². The molecule has 3 aromatic rings. The highest BCUT2D eigenvalue weighted by molar-refractivity contribution is 7.20. The standard InChI is InChI=1S/C19H21N3O2S/c1-11-6-3-4-8-14(11)20-17(23)15-10-13-18(25-15)21-16-12(2)7-5-9-22(16)19(13)24/h5,7,9-11,14H,3-4,6,8H2,1-2H3,(H,20,23)/t11-,14-/m0/s1. The molecule has 3 aromatic heterocycles. The molecule has 2 atom stereocenters. The normalized spacial score (nSPS) is 20.9. The van der Waals surface area contributed by atoms with E-state index in [4.69, 9.17) is 0 Å². The van der Waals surface area contributed by atoms with Crippen LogP contribution in [0.4, 0.5) is 0 Å². The Balaban J connectivity index is 1.72. The highest BCUT2D eigenvalue weighted by Gasteiger charge is 2.24. The van der Waals surface area contributed by atoms with Crippen LogP contribution in [0.5, 0.6) is 0 Å². The first-order valence-electron chi connectivity index (χ1n) is 8.77. The topological polar surface area (TPSA) is 63.5 Å². The molecule has 6 heteroatoms. The average molecular weight is 355 g/mol. The van der Waals surface area contributed by atoms with Crippen molar-refractivity contribution in [3.05, 3.63) is 45.2 Å². The van der Waals surface area contributed by atoms with E-state index in [-0.39, 0.29) is 17.5 Å². The lowest BCUT2D eigenvalue weighted by Gasteiger charge is -2.29. The van der Waals surface area contributed by atoms with Crippen LogP contribution < -0.4 is 10.9 Å². The van der Waals surface area contributed by atoms with Crippen LogP contribution in [0.3, 0.4) is 0 Å². The van der Waals surface area contributed by atoms with Gasteiger partial charge >= 0.3 is 0 Å². The van der Waals surface area contributed by atoms with Gasteiger partial charge in [-0.25, -0.2) is 4.98 Å². The fourth-order valence-corrected chi connectivity index (χ4v) is 4.57. The number of pyridine rings is 1. The Bertz CT molecular complexity index is 1020. The molecule has 1 fully saturated rings. The van der Waals surface area contributed by atoms with E-state index in [1.54, 1.807) is 16.7 Å². The van der Waals surface area contributed by atoms with Crippen molar-refractivity contribution in [3.63, 3.8) is 0 Å². The highest BCUT2D eigenvalue weighted by atomic mass is 32.1. The van der Waals surface area contributed by atoms with Crippen molar-refractivity contribution in [2.24, 2.45) is 5.92 Å². The fraction of sp³-hybridized carbons (Fsp3) is 0.421. The molecule has 1 saturated carbocycles. The van der Waals surface area contributed by atoms with Gasteiger partial charge in [0, 0.05) is 12.2 Å². The van der Waals surface area contributed by atoms with Crippen LogP contribution in [-0.2, 0) is 0 Å². The minimum atomic E-state index is -0.120. The molecule has 5 nitrogen and oxygen atoms in total. The summed E-state index contributed by atoms with van der Waals surface area (Å²) in [6.45, 7) is 4.12. The third kappa shape index (κ3) is 2.84. The monoisotopic (exact) mass is 355 g/mol. The van der Waals surface area contributed by atoms with Gasteiger partial charge in [-0.05, 0) is 43.4 Å². The van der Waals surface area contributed by atoms with Gasteiger partial charge in [-0.2, -0.15) is 0 Å². The second-order valence-corrected chi connectivity index (χ2v) is 8.00. The van der Waals surface area contributed by atoms with E-state index in [2.05, 4.69) is 17.2 Å². The number of aromatic nitrogens is 2. The largest absolute Gasteiger partial charge is 0.348 e. The minimum Gasteiger partial charge on any atom is -0.348 e. The van der Waals surface area contributed by atoms with Gasteiger partial charge in [-0.3, -0.25) is 14.0 Å². The summed E-state index contributed by atoms with van der Waals surface area (Å²) >= 11 is 1.30. The summed E-state index contributed by atoms with van der Waals surface area (Å²) in [4.78, 5) is 31.2. The number of fused-ring (bicyclic) bond motifs is 2. The maximum atomic E-state index is 12.7. The van der Waals surface area contributed by atoms with Crippen LogP contribution in [0.2, 0.25) is 0 Å². The summed E-state index contributed by atoms with van der Waals surface area (Å²) in [5.74, 6) is 0.410. The first-order valence-corrected chi connectivity index (χ1v) is 9.58. The molecule has 1 amide bonds. The Morgan fingerprint density at radius 1 is 1.36 bits per heavy atom. The number of carbonyl (C=O) groups is 1. The number of hydrogen-bond acceptors (Lipinski definition) is 4. The van der Waals surface area contributed by atoms with Crippen LogP contribution in [0.25, 0.3) is 15.9 Å². The van der Waals surface area contributed by atoms with Crippen LogP contribution in [0.15, 0.2) is 29.2 Å². The Kier molecular flexibility index (Phi) is 4.07. The third-order valence-electron chi connectivity index (χ3n) is 5.18. The summed E-state index contributed by atoms with van der Waals surface area (Å²) in [5.41, 5.74) is 1.47. The quantitative estimate of drug-likeness (QED) is 0.765. The van der Waals surface area contributed by atoms with Crippen LogP contribution >= 0.6 is 11.3 Å². The molecule has 0 aromatic carbocycles. The molecule has 130 valence electrons. The van der Waals surface area contributed by atoms with Crippen LogP contribution in [-0.4, -0.2) is 21.3 Å². The number of nitrogens with one attached hydrogen (secondary N) is 1. The molecule has 0 unspecified atom stereocenters. The number of aryl methyl sites for hydroxylation is 1. The van der Waals surface area contributed by atoms with Gasteiger partial charge in [0.1, 0.15) is 10.5 Å². The van der Waals surface area contributed by atoms with Crippen molar-refractivity contribution in [3.8, 4) is 0 Å². The molecule has 0 saturated heterocycles. The molecular formula is C19H21N3O2S. The van der Waals surface area contributed by atoms with Gasteiger partial charge in [0.05, 0.1) is 10.3 Å². The lowest BCUT2D eigenvalue weighted by Crippen LogP contribution is -2.40. The van der Waals surface area contributed by atoms with E-state index in [0.29, 0.717) is 26.7 Å². The van der Waals surface area contributed by atoms with Crippen LogP contribution in [0.1, 0.15) is 47.8 Å². The van der Waals surface area contributed by atoms with Gasteiger partial charge in [-0.1, -0.05) is 25.8 Å². The van der Waals surface area contributed by atoms with E-state index >= 15 is 0 Å². The first kappa shape index (κ1) is 16.3. The molecule has 0 aliphatic heterocycles. The number of hydrogen-bond donors (Lipinski definition) is 1. The van der Waals surface area contributed by atoms with Crippen molar-refractivity contribution in [1.82, 2.24) is 14.7 Å². The summed E-state index contributed by atoms with van der Waals surface area (Å²) in [7, 11) is 0. The molecule has 3 heterocycles. The fourth-order valence-electron chi connectivity index (χ4n) is 3.64. The SMILES string of the molecule is Cc1cccn2c(=O)c3cc(C(=O)N[C@H]4CCCC[C@@H]4C)sc3nc12. The van der Waals surface area contributed by atoms with Gasteiger partial charge < -0.3 is 5.32 Å². The van der Waals surface area contributed by atoms with Gasteiger partial charge in [-0.15, -0.1) is 11.3 Å². The number of amides is 1. The van der Waals surface area contributed by atoms with Crippen molar-refractivity contribution in [2.45, 2.75) is 45.6 Å². The number of rotatable bonds is 2. The van der Waals surface area contributed by atoms with Crippen molar-refractivity contribution in [1.29, 1.82) is 0 Å². The van der Waals surface area contributed by atoms with Gasteiger partial charge in [0.25, 0.3) is 11.5 Å². The first-order chi connectivity index (χ1) is 12.0. The number of nitrogens with zero attached hydrogens (tertiary/aromatic N) is 2. The second kappa shape index (κ2) is 6.26. The average Bonchev–Trinajstić information content (AvgIpc) is 3.03. The maximum Gasteiger partial charge on any atom is 0.266 e. The van der Waals surface area contributed by atoms with Gasteiger partial charge in [0.2, 0.25) is 0 Å². The van der Waals surface area contributed by atoms with Crippen LogP contribution in [0, 0.1) is 12.8 Å². The molecule has 1 aliphatic rings. The zero-order valence-corrected chi connectivity index (χ0v) is 15.2. The van der Waals surface area contributed by atoms with Crippen molar-refractivity contribution < 1.29 is 4.79 Å². The van der Waals surface area contributed by atoms with E-state index in [0.717, 1.165) is 24.8 Å². The van der Waals surface area contributed by atoms with E-state index in [1.165, 1.54) is 17.8 Å². The predicted molar refractivity (Wildman–Crippen MR) is 100 cm³/mol. The molecule has 1 aliphatic carbocycles. The zero-order valence-electron chi connectivity index (χ0n) is 14.4. The molecule has 4 rings (SSSR count). The maximum absolute atomic E-state index is 12.7. The van der Waals surface area contributed by atoms with Gasteiger partial charge in [0.15, 0.2) is 0 Å². The minimum absolute atomic E-state index is 0.0908. The molecule has 1 N–H and O–H groups in total. The Morgan fingerprint density at radius 3 is 2.96 bits per heavy atom. The lowest BCUT2D eigenvalue weighted by atomic mass is 9.86. The smallest absolute Gasteiger partial charge is 0.266 e. The van der Waals surface area contributed by atoms with E-state index in [1.807, 2.05) is 19.1 Å². The summed E-state index contributed by atoms with van der Waals surface area (Å²) < 4.78 is 1.55. The third-order valence-corrected chi connectivity index (χ3v) is 6.21. The second-order valence-electron chi connectivity index (χ2n) is 6.97. The molecule has 0 bridgehead atoms. The summed E-state index contributed by atoms with van der Waals surface area (Å²) in [6.07, 6.45) is 6.31. The number of thiophene rings is 1. The highest BCUT2D eigenvalue weighted by Crippen LogP contribution is 2.26. The predicted octanol–water partition coefficient (Wildman–Crippen LogP) is 3.53. The Morgan fingerprint density at radius 2 is 2.16 bits per heavy atom. The van der Waals surface area contributed by atoms with E-state index in [9.17, 15) is 9.59 Å². The lowest BCUT2D eigenvalue weighted by molar-refractivity contribution is 0.0914. The van der Waals surface area contributed by atoms with Crippen molar-refractivity contribution in [2.75, 3.05) is 0 Å². The summed E-state index contributed by atoms with van der Waals surface area (Å²) in [6, 6.07) is 5.68.